The van der Waals surface area contributed by atoms with E-state index in [-0.39, 0.29) is 18.1 Å². The van der Waals surface area contributed by atoms with E-state index in [1.807, 2.05) is 27.7 Å². The van der Waals surface area contributed by atoms with E-state index in [0.717, 1.165) is 13.1 Å². The van der Waals surface area contributed by atoms with E-state index in [4.69, 9.17) is 4.74 Å². The lowest BCUT2D eigenvalue weighted by atomic mass is 10.3. The van der Waals surface area contributed by atoms with Crippen molar-refractivity contribution in [1.82, 2.24) is 10.2 Å². The molecule has 96 valence electrons. The Kier molecular flexibility index (Phi) is 8.21. The van der Waals surface area contributed by atoms with Gasteiger partial charge in [-0.3, -0.25) is 9.69 Å². The first-order valence-corrected chi connectivity index (χ1v) is 6.09. The Bertz CT molecular complexity index is 193. The van der Waals surface area contributed by atoms with Crippen LogP contribution in [0.4, 0.5) is 0 Å². The number of nitrogens with zero attached hydrogens (tertiary/aromatic N) is 1. The fourth-order valence-corrected chi connectivity index (χ4v) is 1.34. The summed E-state index contributed by atoms with van der Waals surface area (Å²) in [4.78, 5) is 13.6. The zero-order valence-electron chi connectivity index (χ0n) is 11.2. The molecule has 0 unspecified atom stereocenters. The second-order valence-electron chi connectivity index (χ2n) is 4.51. The molecule has 0 aliphatic carbocycles. The van der Waals surface area contributed by atoms with Gasteiger partial charge in [0.05, 0.1) is 19.3 Å². The van der Waals surface area contributed by atoms with E-state index in [9.17, 15) is 4.79 Å². The van der Waals surface area contributed by atoms with Crippen molar-refractivity contribution < 1.29 is 9.53 Å². The third kappa shape index (κ3) is 8.68. The highest BCUT2D eigenvalue weighted by molar-refractivity contribution is 5.78. The molecule has 4 heteroatoms. The third-order valence-electron chi connectivity index (χ3n) is 2.12. The fourth-order valence-electron chi connectivity index (χ4n) is 1.34. The van der Waals surface area contributed by atoms with Gasteiger partial charge in [0.25, 0.3) is 0 Å². The van der Waals surface area contributed by atoms with Gasteiger partial charge in [-0.05, 0) is 34.2 Å². The predicted molar refractivity (Wildman–Crippen MR) is 66.5 cm³/mol. The second-order valence-corrected chi connectivity index (χ2v) is 4.51. The summed E-state index contributed by atoms with van der Waals surface area (Å²) >= 11 is 0. The van der Waals surface area contributed by atoms with E-state index in [2.05, 4.69) is 17.1 Å². The number of hydrogen-bond acceptors (Lipinski definition) is 3. The molecule has 1 N–H and O–H groups in total. The van der Waals surface area contributed by atoms with Crippen molar-refractivity contribution in [2.75, 3.05) is 26.2 Å². The maximum Gasteiger partial charge on any atom is 0.234 e. The molecule has 0 saturated heterocycles. The average Bonchev–Trinajstić information content (AvgIpc) is 2.14. The molecular formula is C12H26N2O2. The van der Waals surface area contributed by atoms with E-state index >= 15 is 0 Å². The van der Waals surface area contributed by atoms with E-state index in [1.165, 1.54) is 0 Å². The van der Waals surface area contributed by atoms with E-state index < -0.39 is 0 Å². The van der Waals surface area contributed by atoms with E-state index in [1.54, 1.807) is 0 Å². The van der Waals surface area contributed by atoms with Gasteiger partial charge in [-0.1, -0.05) is 6.92 Å². The van der Waals surface area contributed by atoms with Gasteiger partial charge in [-0.15, -0.1) is 0 Å². The second kappa shape index (κ2) is 8.53. The van der Waals surface area contributed by atoms with Gasteiger partial charge in [0.15, 0.2) is 0 Å². The highest BCUT2D eigenvalue weighted by Gasteiger charge is 2.09. The lowest BCUT2D eigenvalue weighted by Gasteiger charge is -2.21. The largest absolute Gasteiger partial charge is 0.377 e. The summed E-state index contributed by atoms with van der Waals surface area (Å²) in [5.41, 5.74) is 0. The van der Waals surface area contributed by atoms with Gasteiger partial charge < -0.3 is 10.1 Å². The average molecular weight is 230 g/mol. The fraction of sp³-hybridized carbons (Fsp3) is 0.917. The van der Waals surface area contributed by atoms with E-state index in [0.29, 0.717) is 13.2 Å². The Morgan fingerprint density at radius 2 is 1.94 bits per heavy atom. The lowest BCUT2D eigenvalue weighted by Crippen LogP contribution is -2.41. The molecule has 1 amide bonds. The Hall–Kier alpha value is -0.610. The van der Waals surface area contributed by atoms with Gasteiger partial charge in [0.1, 0.15) is 0 Å². The lowest BCUT2D eigenvalue weighted by molar-refractivity contribution is -0.122. The van der Waals surface area contributed by atoms with Gasteiger partial charge in [0, 0.05) is 12.6 Å². The normalized spacial score (nSPS) is 11.5. The van der Waals surface area contributed by atoms with Gasteiger partial charge in [-0.2, -0.15) is 0 Å². The number of carbonyl (C=O) groups is 1. The Balaban J connectivity index is 3.77. The van der Waals surface area contributed by atoms with Crippen LogP contribution in [0.2, 0.25) is 0 Å². The topological polar surface area (TPSA) is 41.6 Å². The first-order chi connectivity index (χ1) is 7.45. The quantitative estimate of drug-likeness (QED) is 0.682. The molecule has 16 heavy (non-hydrogen) atoms. The third-order valence-corrected chi connectivity index (χ3v) is 2.12. The van der Waals surface area contributed by atoms with Crippen LogP contribution >= 0.6 is 0 Å². The minimum Gasteiger partial charge on any atom is -0.377 e. The molecule has 0 bridgehead atoms. The number of ether oxygens (including phenoxy) is 1. The van der Waals surface area contributed by atoms with Crippen LogP contribution in [0.1, 0.15) is 34.6 Å². The zero-order chi connectivity index (χ0) is 12.6. The van der Waals surface area contributed by atoms with Crippen molar-refractivity contribution in [3.63, 3.8) is 0 Å². The Labute approximate surface area is 99.3 Å². The van der Waals surface area contributed by atoms with Crippen molar-refractivity contribution in [2.24, 2.45) is 0 Å². The van der Waals surface area contributed by atoms with Gasteiger partial charge >= 0.3 is 0 Å². The Morgan fingerprint density at radius 3 is 2.38 bits per heavy atom. The van der Waals surface area contributed by atoms with Crippen LogP contribution in [0.15, 0.2) is 0 Å². The zero-order valence-corrected chi connectivity index (χ0v) is 11.2. The molecule has 0 aromatic rings. The molecule has 0 aromatic carbocycles. The minimum absolute atomic E-state index is 0.0846. The van der Waals surface area contributed by atoms with Gasteiger partial charge in [0.2, 0.25) is 5.91 Å². The van der Waals surface area contributed by atoms with Crippen LogP contribution in [0.3, 0.4) is 0 Å². The summed E-state index contributed by atoms with van der Waals surface area (Å²) in [7, 11) is 0. The maximum absolute atomic E-state index is 11.5. The van der Waals surface area contributed by atoms with Crippen LogP contribution < -0.4 is 5.32 Å². The molecule has 0 saturated carbocycles. The first kappa shape index (κ1) is 15.4. The number of carbonyl (C=O) groups excluding carboxylic acids is 1. The van der Waals surface area contributed by atoms with Crippen LogP contribution in [-0.2, 0) is 9.53 Å². The molecule has 0 spiro atoms. The number of nitrogens with one attached hydrogen (secondary N) is 1. The molecule has 0 aliphatic rings. The highest BCUT2D eigenvalue weighted by atomic mass is 16.5. The summed E-state index contributed by atoms with van der Waals surface area (Å²) in [6.45, 7) is 12.8. The summed E-state index contributed by atoms with van der Waals surface area (Å²) in [6.07, 6.45) is 0.253. The number of rotatable bonds is 8. The van der Waals surface area contributed by atoms with Crippen molar-refractivity contribution in [3.8, 4) is 0 Å². The molecule has 0 atom stereocenters. The smallest absolute Gasteiger partial charge is 0.234 e. The molecule has 0 aromatic heterocycles. The van der Waals surface area contributed by atoms with Crippen molar-refractivity contribution in [1.29, 1.82) is 0 Å². The van der Waals surface area contributed by atoms with Gasteiger partial charge in [-0.25, -0.2) is 0 Å². The molecule has 0 heterocycles. The molecule has 0 aliphatic heterocycles. The molecular weight excluding hydrogens is 204 g/mol. The Morgan fingerprint density at radius 1 is 1.31 bits per heavy atom. The predicted octanol–water partition coefficient (Wildman–Crippen LogP) is 1.26. The number of likely N-dealkylation sites (N-methyl/N-ethyl adjacent to an activating group) is 1. The van der Waals surface area contributed by atoms with Crippen LogP contribution in [0, 0.1) is 0 Å². The number of hydrogen-bond donors (Lipinski definition) is 1. The maximum atomic E-state index is 11.5. The number of amides is 1. The standard InChI is InChI=1S/C12H26N2O2/c1-6-14(7-8-16-11(4)5)9-12(15)13-10(2)3/h10-11H,6-9H2,1-5H3,(H,13,15). The first-order valence-electron chi connectivity index (χ1n) is 6.09. The highest BCUT2D eigenvalue weighted by Crippen LogP contribution is 1.92. The van der Waals surface area contributed by atoms with Crippen LogP contribution in [-0.4, -0.2) is 49.2 Å². The molecule has 0 fully saturated rings. The van der Waals surface area contributed by atoms with Crippen molar-refractivity contribution >= 4 is 5.91 Å². The summed E-state index contributed by atoms with van der Waals surface area (Å²) in [5, 5.41) is 2.89. The molecule has 0 rings (SSSR count). The summed E-state index contributed by atoms with van der Waals surface area (Å²) in [6, 6.07) is 0.207. The minimum atomic E-state index is 0.0846. The monoisotopic (exact) mass is 230 g/mol. The summed E-state index contributed by atoms with van der Waals surface area (Å²) in [5.74, 6) is 0.0846. The van der Waals surface area contributed by atoms with Crippen molar-refractivity contribution in [3.05, 3.63) is 0 Å². The van der Waals surface area contributed by atoms with Crippen LogP contribution in [0.25, 0.3) is 0 Å². The van der Waals surface area contributed by atoms with Crippen LogP contribution in [0.5, 0.6) is 0 Å². The SMILES string of the molecule is CCN(CCOC(C)C)CC(=O)NC(C)C. The molecule has 0 radical (unpaired) electrons. The molecule has 4 nitrogen and oxygen atoms in total. The summed E-state index contributed by atoms with van der Waals surface area (Å²) < 4.78 is 5.46. The van der Waals surface area contributed by atoms with Crippen molar-refractivity contribution in [2.45, 2.75) is 46.8 Å².